The van der Waals surface area contributed by atoms with Gasteiger partial charge in [-0.3, -0.25) is 10.1 Å². The standard InChI is InChI=1S/C22H27N3O4/c1-15-6-9-17(10-7-15)24-22(23-14-18-5-4-12-29-18)25-21(26)16-8-11-19(27-2)20(13-16)28-3/h6-11,13,18H,4-5,12,14H2,1-3H3,(H2,23,24,25,26)/t18-/m0/s1. The first-order valence-electron chi connectivity index (χ1n) is 9.62. The molecule has 1 fully saturated rings. The Morgan fingerprint density at radius 2 is 1.90 bits per heavy atom. The number of rotatable bonds is 6. The molecular weight excluding hydrogens is 370 g/mol. The van der Waals surface area contributed by atoms with Crippen molar-refractivity contribution in [2.24, 2.45) is 4.99 Å². The van der Waals surface area contributed by atoms with Gasteiger partial charge in [0.15, 0.2) is 11.5 Å². The number of anilines is 1. The third-order valence-corrected chi connectivity index (χ3v) is 4.67. The van der Waals surface area contributed by atoms with Gasteiger partial charge in [0, 0.05) is 17.9 Å². The number of guanidine groups is 1. The van der Waals surface area contributed by atoms with Crippen molar-refractivity contribution < 1.29 is 19.0 Å². The van der Waals surface area contributed by atoms with E-state index in [4.69, 9.17) is 14.2 Å². The molecule has 1 amide bonds. The molecule has 1 atom stereocenters. The molecular formula is C22H27N3O4. The lowest BCUT2D eigenvalue weighted by atomic mass is 10.2. The lowest BCUT2D eigenvalue weighted by molar-refractivity contribution is 0.0975. The first kappa shape index (κ1) is 20.7. The SMILES string of the molecule is COc1ccc(C(=O)NC(=NC[C@@H]2CCCO2)Nc2ccc(C)cc2)cc1OC. The predicted molar refractivity (Wildman–Crippen MR) is 113 cm³/mol. The number of carbonyl (C=O) groups is 1. The second kappa shape index (κ2) is 9.93. The Morgan fingerprint density at radius 1 is 1.14 bits per heavy atom. The fourth-order valence-electron chi connectivity index (χ4n) is 3.02. The van der Waals surface area contributed by atoms with Crippen molar-refractivity contribution >= 4 is 17.6 Å². The van der Waals surface area contributed by atoms with E-state index < -0.39 is 0 Å². The van der Waals surface area contributed by atoms with Crippen molar-refractivity contribution in [2.45, 2.75) is 25.9 Å². The van der Waals surface area contributed by atoms with E-state index in [0.29, 0.717) is 29.6 Å². The van der Waals surface area contributed by atoms with Crippen LogP contribution in [0.15, 0.2) is 47.5 Å². The Balaban J connectivity index is 1.76. The van der Waals surface area contributed by atoms with Crippen molar-refractivity contribution in [3.05, 3.63) is 53.6 Å². The summed E-state index contributed by atoms with van der Waals surface area (Å²) in [4.78, 5) is 17.4. The number of benzene rings is 2. The summed E-state index contributed by atoms with van der Waals surface area (Å²) in [5.74, 6) is 1.14. The summed E-state index contributed by atoms with van der Waals surface area (Å²) >= 11 is 0. The van der Waals surface area contributed by atoms with E-state index >= 15 is 0 Å². The Bertz CT molecular complexity index is 859. The molecule has 0 aliphatic carbocycles. The molecule has 1 aliphatic heterocycles. The maximum atomic E-state index is 12.8. The maximum absolute atomic E-state index is 12.8. The number of nitrogens with one attached hydrogen (secondary N) is 2. The number of carbonyl (C=O) groups excluding carboxylic acids is 1. The molecule has 7 heteroatoms. The highest BCUT2D eigenvalue weighted by Crippen LogP contribution is 2.27. The number of amides is 1. The monoisotopic (exact) mass is 397 g/mol. The molecule has 0 unspecified atom stereocenters. The highest BCUT2D eigenvalue weighted by Gasteiger charge is 2.17. The summed E-state index contributed by atoms with van der Waals surface area (Å²) in [6, 6.07) is 12.9. The smallest absolute Gasteiger partial charge is 0.258 e. The summed E-state index contributed by atoms with van der Waals surface area (Å²) in [7, 11) is 3.09. The summed E-state index contributed by atoms with van der Waals surface area (Å²) in [5.41, 5.74) is 2.44. The number of aliphatic imine (C=N–C) groups is 1. The fraction of sp³-hybridized carbons (Fsp3) is 0.364. The average Bonchev–Trinajstić information content (AvgIpc) is 3.26. The Kier molecular flexibility index (Phi) is 7.08. The van der Waals surface area contributed by atoms with Crippen LogP contribution < -0.4 is 20.1 Å². The molecule has 2 aromatic rings. The van der Waals surface area contributed by atoms with E-state index in [9.17, 15) is 4.79 Å². The Labute approximate surface area is 171 Å². The van der Waals surface area contributed by atoms with Crippen molar-refractivity contribution in [2.75, 3.05) is 32.7 Å². The van der Waals surface area contributed by atoms with Crippen LogP contribution in [0.2, 0.25) is 0 Å². The van der Waals surface area contributed by atoms with Crippen LogP contribution in [0.5, 0.6) is 11.5 Å². The van der Waals surface area contributed by atoms with E-state index in [0.717, 1.165) is 30.7 Å². The van der Waals surface area contributed by atoms with Gasteiger partial charge in [0.1, 0.15) is 0 Å². The number of hydrogen-bond acceptors (Lipinski definition) is 5. The van der Waals surface area contributed by atoms with Crippen LogP contribution in [0, 0.1) is 6.92 Å². The molecule has 2 aromatic carbocycles. The normalized spacial score (nSPS) is 16.4. The summed E-state index contributed by atoms with van der Waals surface area (Å²) in [5, 5.41) is 6.05. The van der Waals surface area contributed by atoms with Gasteiger partial charge >= 0.3 is 0 Å². The molecule has 0 radical (unpaired) electrons. The number of aryl methyl sites for hydroxylation is 1. The fourth-order valence-corrected chi connectivity index (χ4v) is 3.02. The van der Waals surface area contributed by atoms with Crippen LogP contribution in [-0.2, 0) is 4.74 Å². The largest absolute Gasteiger partial charge is 0.493 e. The number of nitrogens with zero attached hydrogens (tertiary/aromatic N) is 1. The van der Waals surface area contributed by atoms with Gasteiger partial charge in [0.25, 0.3) is 5.91 Å². The molecule has 0 saturated carbocycles. The summed E-state index contributed by atoms with van der Waals surface area (Å²) in [6.07, 6.45) is 2.10. The topological polar surface area (TPSA) is 81.2 Å². The zero-order chi connectivity index (χ0) is 20.6. The van der Waals surface area contributed by atoms with E-state index in [1.165, 1.54) is 7.11 Å². The van der Waals surface area contributed by atoms with Gasteiger partial charge < -0.3 is 19.5 Å². The maximum Gasteiger partial charge on any atom is 0.258 e. The lowest BCUT2D eigenvalue weighted by Gasteiger charge is -2.14. The van der Waals surface area contributed by atoms with Crippen LogP contribution in [-0.4, -0.2) is 45.3 Å². The highest BCUT2D eigenvalue weighted by molar-refractivity contribution is 6.10. The van der Waals surface area contributed by atoms with E-state index in [1.807, 2.05) is 31.2 Å². The van der Waals surface area contributed by atoms with Gasteiger partial charge in [-0.05, 0) is 50.1 Å². The van der Waals surface area contributed by atoms with Crippen molar-refractivity contribution in [3.63, 3.8) is 0 Å². The Hall–Kier alpha value is -3.06. The van der Waals surface area contributed by atoms with Crippen LogP contribution >= 0.6 is 0 Å². The van der Waals surface area contributed by atoms with E-state index in [-0.39, 0.29) is 12.0 Å². The number of hydrogen-bond donors (Lipinski definition) is 2. The molecule has 1 heterocycles. The van der Waals surface area contributed by atoms with Gasteiger partial charge in [0.2, 0.25) is 5.96 Å². The minimum Gasteiger partial charge on any atom is -0.493 e. The van der Waals surface area contributed by atoms with Gasteiger partial charge in [0.05, 0.1) is 26.9 Å². The molecule has 2 N–H and O–H groups in total. The van der Waals surface area contributed by atoms with Gasteiger partial charge in [-0.25, -0.2) is 4.99 Å². The second-order valence-corrected chi connectivity index (χ2v) is 6.84. The minimum absolute atomic E-state index is 0.0859. The van der Waals surface area contributed by atoms with Crippen LogP contribution in [0.4, 0.5) is 5.69 Å². The quantitative estimate of drug-likeness (QED) is 0.577. The molecule has 0 aromatic heterocycles. The molecule has 3 rings (SSSR count). The predicted octanol–water partition coefficient (Wildman–Crippen LogP) is 3.39. The second-order valence-electron chi connectivity index (χ2n) is 6.84. The number of ether oxygens (including phenoxy) is 3. The van der Waals surface area contributed by atoms with Crippen LogP contribution in [0.1, 0.15) is 28.8 Å². The van der Waals surface area contributed by atoms with Gasteiger partial charge in [-0.15, -0.1) is 0 Å². The molecule has 0 spiro atoms. The van der Waals surface area contributed by atoms with Crippen LogP contribution in [0.25, 0.3) is 0 Å². The third-order valence-electron chi connectivity index (χ3n) is 4.67. The molecule has 7 nitrogen and oxygen atoms in total. The average molecular weight is 397 g/mol. The molecule has 1 aliphatic rings. The van der Waals surface area contributed by atoms with E-state index in [1.54, 1.807) is 25.3 Å². The molecule has 1 saturated heterocycles. The van der Waals surface area contributed by atoms with Gasteiger partial charge in [-0.2, -0.15) is 0 Å². The number of methoxy groups -OCH3 is 2. The zero-order valence-corrected chi connectivity index (χ0v) is 17.0. The Morgan fingerprint density at radius 3 is 2.55 bits per heavy atom. The first-order valence-corrected chi connectivity index (χ1v) is 9.62. The molecule has 154 valence electrons. The highest BCUT2D eigenvalue weighted by atomic mass is 16.5. The van der Waals surface area contributed by atoms with Crippen molar-refractivity contribution in [1.82, 2.24) is 5.32 Å². The summed E-state index contributed by atoms with van der Waals surface area (Å²) < 4.78 is 16.2. The van der Waals surface area contributed by atoms with Crippen molar-refractivity contribution in [3.8, 4) is 11.5 Å². The van der Waals surface area contributed by atoms with Crippen molar-refractivity contribution in [1.29, 1.82) is 0 Å². The van der Waals surface area contributed by atoms with Crippen LogP contribution in [0.3, 0.4) is 0 Å². The molecule has 29 heavy (non-hydrogen) atoms. The molecule has 0 bridgehead atoms. The van der Waals surface area contributed by atoms with Gasteiger partial charge in [-0.1, -0.05) is 17.7 Å². The summed E-state index contributed by atoms with van der Waals surface area (Å²) in [6.45, 7) is 3.27. The zero-order valence-electron chi connectivity index (χ0n) is 17.0. The first-order chi connectivity index (χ1) is 14.1. The third kappa shape index (κ3) is 5.71. The lowest BCUT2D eigenvalue weighted by Crippen LogP contribution is -2.36. The van der Waals surface area contributed by atoms with E-state index in [2.05, 4.69) is 15.6 Å². The minimum atomic E-state index is -0.295.